The van der Waals surface area contributed by atoms with Gasteiger partial charge in [0.25, 0.3) is 5.69 Å². The summed E-state index contributed by atoms with van der Waals surface area (Å²) < 4.78 is 28.8. The largest absolute Gasteiger partial charge is 0.358 e. The van der Waals surface area contributed by atoms with Gasteiger partial charge < -0.3 is 0 Å². The van der Waals surface area contributed by atoms with E-state index in [1.807, 2.05) is 0 Å². The van der Waals surface area contributed by atoms with Gasteiger partial charge >= 0.3 is 10.1 Å². The van der Waals surface area contributed by atoms with Crippen LogP contribution in [0.3, 0.4) is 0 Å². The number of ketones is 1. The van der Waals surface area contributed by atoms with Crippen molar-refractivity contribution >= 4 is 38.9 Å². The maximum atomic E-state index is 12.1. The third-order valence-corrected chi connectivity index (χ3v) is 4.70. The lowest BCUT2D eigenvalue weighted by Gasteiger charge is -2.12. The summed E-state index contributed by atoms with van der Waals surface area (Å²) in [6.07, 6.45) is 1.19. The average molecular weight is 371 g/mol. The summed E-state index contributed by atoms with van der Waals surface area (Å²) in [4.78, 5) is 21.2. The molecule has 0 spiro atoms. The minimum absolute atomic E-state index is 0.0751. The molecule has 0 saturated heterocycles. The van der Waals surface area contributed by atoms with E-state index in [0.717, 1.165) is 18.2 Å². The molecule has 24 heavy (non-hydrogen) atoms. The van der Waals surface area contributed by atoms with E-state index in [1.165, 1.54) is 19.1 Å². The first-order valence-corrected chi connectivity index (χ1v) is 8.28. The molecule has 0 fully saturated rings. The van der Waals surface area contributed by atoms with Crippen LogP contribution in [0.1, 0.15) is 13.8 Å². The first-order chi connectivity index (χ1) is 11.1. The zero-order chi connectivity index (χ0) is 18.1. The van der Waals surface area contributed by atoms with Crippen LogP contribution in [0.5, 0.6) is 0 Å². The number of rotatable bonds is 4. The second kappa shape index (κ2) is 6.54. The molecular weight excluding hydrogens is 360 g/mol. The number of non-ortho nitro benzene ring substituents is 1. The van der Waals surface area contributed by atoms with Crippen LogP contribution in [0.25, 0.3) is 0 Å². The van der Waals surface area contributed by atoms with Crippen molar-refractivity contribution in [3.8, 4) is 0 Å². The lowest BCUT2D eigenvalue weighted by Crippen LogP contribution is -2.15. The van der Waals surface area contributed by atoms with Crippen molar-refractivity contribution in [2.75, 3.05) is 0 Å². The smallest absolute Gasteiger partial charge is 0.288 e. The predicted molar refractivity (Wildman–Crippen MR) is 86.1 cm³/mol. The molecule has 0 aromatic heterocycles. The van der Waals surface area contributed by atoms with Crippen LogP contribution in [0.4, 0.5) is 5.69 Å². The van der Waals surface area contributed by atoms with Gasteiger partial charge in [-0.2, -0.15) is 8.42 Å². The Bertz CT molecular complexity index is 930. The number of nitro benzene ring substituents is 1. The highest BCUT2D eigenvalue weighted by molar-refractivity contribution is 7.86. The Morgan fingerprint density at radius 3 is 2.54 bits per heavy atom. The number of oxime groups is 1. The Balaban J connectivity index is 2.35. The third kappa shape index (κ3) is 3.52. The van der Waals surface area contributed by atoms with Crippen LogP contribution >= 0.6 is 11.6 Å². The summed E-state index contributed by atoms with van der Waals surface area (Å²) in [5.41, 5.74) is 0.410. The summed E-state index contributed by atoms with van der Waals surface area (Å²) in [7, 11) is -4.36. The van der Waals surface area contributed by atoms with Crippen molar-refractivity contribution in [1.82, 2.24) is 0 Å². The van der Waals surface area contributed by atoms with E-state index in [2.05, 4.69) is 9.44 Å². The molecule has 0 radical (unpaired) electrons. The summed E-state index contributed by atoms with van der Waals surface area (Å²) >= 11 is 5.76. The normalized spacial score (nSPS) is 17.0. The van der Waals surface area contributed by atoms with Gasteiger partial charge in [-0.1, -0.05) is 22.8 Å². The quantitative estimate of drug-likeness (QED) is 0.457. The Morgan fingerprint density at radius 2 is 1.92 bits per heavy atom. The molecule has 8 nitrogen and oxygen atoms in total. The lowest BCUT2D eigenvalue weighted by atomic mass is 9.97. The average Bonchev–Trinajstić information content (AvgIpc) is 2.55. The molecule has 0 saturated carbocycles. The number of hydrogen-bond donors (Lipinski definition) is 0. The molecular formula is C14H11ClN2O6S. The Labute approximate surface area is 142 Å². The number of nitro groups is 1. The van der Waals surface area contributed by atoms with E-state index < -0.39 is 25.6 Å². The molecule has 1 aromatic rings. The molecule has 10 heteroatoms. The van der Waals surface area contributed by atoms with E-state index in [4.69, 9.17) is 11.6 Å². The molecule has 0 amide bonds. The van der Waals surface area contributed by atoms with Gasteiger partial charge in [-0.15, -0.1) is 0 Å². The van der Waals surface area contributed by atoms with Gasteiger partial charge in [0.15, 0.2) is 5.78 Å². The molecule has 1 aliphatic carbocycles. The highest BCUT2D eigenvalue weighted by Gasteiger charge is 2.23. The van der Waals surface area contributed by atoms with Crippen LogP contribution in [0, 0.1) is 10.1 Å². The third-order valence-electron chi connectivity index (χ3n) is 3.32. The Morgan fingerprint density at radius 1 is 1.25 bits per heavy atom. The second-order valence-electron chi connectivity index (χ2n) is 4.83. The monoisotopic (exact) mass is 370 g/mol. The van der Waals surface area contributed by atoms with E-state index >= 15 is 0 Å². The highest BCUT2D eigenvalue weighted by Crippen LogP contribution is 2.23. The van der Waals surface area contributed by atoms with Crippen molar-refractivity contribution in [2.45, 2.75) is 18.7 Å². The van der Waals surface area contributed by atoms with Crippen molar-refractivity contribution in [1.29, 1.82) is 0 Å². The lowest BCUT2D eigenvalue weighted by molar-refractivity contribution is -0.385. The van der Waals surface area contributed by atoms with E-state index in [9.17, 15) is 23.3 Å². The predicted octanol–water partition coefficient (Wildman–Crippen LogP) is 2.70. The van der Waals surface area contributed by atoms with Gasteiger partial charge in [-0.3, -0.25) is 19.2 Å². The molecule has 0 aliphatic heterocycles. The maximum Gasteiger partial charge on any atom is 0.358 e. The molecule has 1 aliphatic rings. The van der Waals surface area contributed by atoms with Crippen molar-refractivity contribution < 1.29 is 22.4 Å². The number of allylic oxidation sites excluding steroid dienone is 4. The van der Waals surface area contributed by atoms with Gasteiger partial charge in [0.1, 0.15) is 10.6 Å². The molecule has 1 aromatic carbocycles. The highest BCUT2D eigenvalue weighted by atomic mass is 35.5. The first-order valence-electron chi connectivity index (χ1n) is 6.49. The molecule has 0 bridgehead atoms. The summed E-state index contributed by atoms with van der Waals surface area (Å²) in [5.74, 6) is -0.380. The number of Topliss-reactive ketones (excluding diaryl/α,β-unsaturated/α-hetero) is 1. The topological polar surface area (TPSA) is 116 Å². The summed E-state index contributed by atoms with van der Waals surface area (Å²) in [6, 6.07) is 4.36. The number of carbonyl (C=O) groups is 1. The Kier molecular flexibility index (Phi) is 4.86. The van der Waals surface area contributed by atoms with Crippen LogP contribution in [0.15, 0.2) is 56.6 Å². The van der Waals surface area contributed by atoms with E-state index in [0.29, 0.717) is 11.1 Å². The molecule has 126 valence electrons. The van der Waals surface area contributed by atoms with Gasteiger partial charge in [0, 0.05) is 17.7 Å². The molecule has 2 rings (SSSR count). The van der Waals surface area contributed by atoms with Gasteiger partial charge in [-0.05, 0) is 31.6 Å². The number of nitrogens with zero attached hydrogens (tertiary/aromatic N) is 2. The molecule has 0 atom stereocenters. The van der Waals surface area contributed by atoms with Crippen molar-refractivity contribution in [3.63, 3.8) is 0 Å². The number of halogens is 1. The molecule has 0 unspecified atom stereocenters. The number of carbonyl (C=O) groups excluding carboxylic acids is 1. The van der Waals surface area contributed by atoms with Crippen molar-refractivity contribution in [3.05, 3.63) is 56.6 Å². The zero-order valence-electron chi connectivity index (χ0n) is 12.5. The fourth-order valence-electron chi connectivity index (χ4n) is 1.82. The van der Waals surface area contributed by atoms with E-state index in [1.54, 1.807) is 6.92 Å². The second-order valence-corrected chi connectivity index (χ2v) is 6.77. The van der Waals surface area contributed by atoms with Crippen molar-refractivity contribution in [2.24, 2.45) is 5.16 Å². The number of benzene rings is 1. The SMILES string of the molecule is CC1=C(C)/C(=N\OS(=O)(=O)c2cccc([N+](=O)[O-])c2)C=C(Cl)C1=O. The summed E-state index contributed by atoms with van der Waals surface area (Å²) in [6.45, 7) is 3.09. The fourth-order valence-corrected chi connectivity index (χ4v) is 2.83. The fraction of sp³-hybridized carbons (Fsp3) is 0.143. The van der Waals surface area contributed by atoms with Crippen LogP contribution < -0.4 is 0 Å². The van der Waals surface area contributed by atoms with Crippen LogP contribution in [0.2, 0.25) is 0 Å². The maximum absolute atomic E-state index is 12.1. The minimum Gasteiger partial charge on any atom is -0.288 e. The van der Waals surface area contributed by atoms with E-state index in [-0.39, 0.29) is 16.5 Å². The van der Waals surface area contributed by atoms with Gasteiger partial charge in [-0.25, -0.2) is 0 Å². The molecule has 0 heterocycles. The van der Waals surface area contributed by atoms with Gasteiger partial charge in [0.2, 0.25) is 0 Å². The van der Waals surface area contributed by atoms with Gasteiger partial charge in [0.05, 0.1) is 9.96 Å². The minimum atomic E-state index is -4.36. The summed E-state index contributed by atoms with van der Waals surface area (Å²) in [5, 5.41) is 14.1. The van der Waals surface area contributed by atoms with Crippen LogP contribution in [-0.4, -0.2) is 24.8 Å². The standard InChI is InChI=1S/C14H11ClN2O6S/c1-8-9(2)14(18)12(15)7-13(8)16-23-24(21,22)11-5-3-4-10(6-11)17(19)20/h3-7H,1-2H3/b16-13-. The number of hydrogen-bond acceptors (Lipinski definition) is 7. The Hall–Kier alpha value is -2.52. The first kappa shape index (κ1) is 17.8. The van der Waals surface area contributed by atoms with Crippen LogP contribution in [-0.2, 0) is 19.2 Å². The zero-order valence-corrected chi connectivity index (χ0v) is 14.1. The molecule has 0 N–H and O–H groups in total.